The zero-order valence-corrected chi connectivity index (χ0v) is 41.9. The lowest BCUT2D eigenvalue weighted by Gasteiger charge is -2.52. The first-order chi connectivity index (χ1) is 30.4. The zero-order chi connectivity index (χ0) is 46.3. The Labute approximate surface area is 391 Å². The van der Waals surface area contributed by atoms with Gasteiger partial charge < -0.3 is 14.7 Å². The van der Waals surface area contributed by atoms with Crippen LogP contribution in [0.4, 0.5) is 34.1 Å². The lowest BCUT2D eigenvalue weighted by atomic mass is 9.28. The standard InChI is InChI=1S/C61H70BN3/c1-38-53(65-48-22-18-16-20-45(48)46-21-17-19-23-49(46)65)37-61(14,15)56-55(38)64(44-31-26-40(27-32-44)58(5,6)7)52-36-42(60(11,12)13)35-51-54(52)62(56)47-34-41(59(8,9)10)28-33-50(47)63(51)43-29-24-39(25-30-43)57(2,3)4/h16-36,45,48H,37H2,1-15H3. The molecule has 2 atom stereocenters. The van der Waals surface area contributed by atoms with Crippen LogP contribution in [0.15, 0.2) is 150 Å². The summed E-state index contributed by atoms with van der Waals surface area (Å²) in [6.07, 6.45) is 10.3. The highest BCUT2D eigenvalue weighted by Gasteiger charge is 2.53. The van der Waals surface area contributed by atoms with Gasteiger partial charge >= 0.3 is 0 Å². The van der Waals surface area contributed by atoms with Crippen LogP contribution in [0.5, 0.6) is 0 Å². The Hall–Kier alpha value is -5.48. The number of anilines is 6. The molecule has 5 aromatic carbocycles. The van der Waals surface area contributed by atoms with Gasteiger partial charge in [0.25, 0.3) is 0 Å². The van der Waals surface area contributed by atoms with Gasteiger partial charge in [0.15, 0.2) is 0 Å². The Morgan fingerprint density at radius 2 is 1.06 bits per heavy atom. The van der Waals surface area contributed by atoms with Gasteiger partial charge in [0.2, 0.25) is 6.71 Å². The van der Waals surface area contributed by atoms with Crippen molar-refractivity contribution in [3.63, 3.8) is 0 Å². The molecule has 0 saturated carbocycles. The van der Waals surface area contributed by atoms with Crippen LogP contribution in [0, 0.1) is 5.41 Å². The molecule has 0 bridgehead atoms. The molecule has 2 aliphatic carbocycles. The van der Waals surface area contributed by atoms with E-state index in [1.807, 2.05) is 0 Å². The SMILES string of the molecule is CC1=C(N2c3ccccc3C3C=CC=CC32)CC(C)(C)C2=C1N(c1ccc(C(C)(C)C)cc1)c1cc(C(C)(C)C)cc3c1B2c1cc(C(C)(C)C)ccc1N3c1ccc(C(C)(C)C)cc1. The molecular weight excluding hydrogens is 786 g/mol. The predicted molar refractivity (Wildman–Crippen MR) is 281 cm³/mol. The fourth-order valence-electron chi connectivity index (χ4n) is 11.6. The van der Waals surface area contributed by atoms with Gasteiger partial charge in [0.1, 0.15) is 0 Å². The van der Waals surface area contributed by atoms with Gasteiger partial charge in [-0.3, -0.25) is 0 Å². The van der Waals surface area contributed by atoms with Crippen molar-refractivity contribution < 1.29 is 0 Å². The van der Waals surface area contributed by atoms with Crippen molar-refractivity contribution in [1.82, 2.24) is 0 Å². The molecule has 0 saturated heterocycles. The highest BCUT2D eigenvalue weighted by atomic mass is 15.2. The Balaban J connectivity index is 1.33. The van der Waals surface area contributed by atoms with Crippen LogP contribution in [0.1, 0.15) is 144 Å². The third-order valence-electron chi connectivity index (χ3n) is 15.3. The molecule has 0 radical (unpaired) electrons. The van der Waals surface area contributed by atoms with E-state index in [4.69, 9.17) is 0 Å². The van der Waals surface area contributed by atoms with E-state index < -0.39 is 0 Å². The Morgan fingerprint density at radius 3 is 1.65 bits per heavy atom. The third kappa shape index (κ3) is 6.91. The predicted octanol–water partition coefficient (Wildman–Crippen LogP) is 15.0. The van der Waals surface area contributed by atoms with Crippen molar-refractivity contribution in [1.29, 1.82) is 0 Å². The summed E-state index contributed by atoms with van der Waals surface area (Å²) < 4.78 is 0. The van der Waals surface area contributed by atoms with Crippen LogP contribution in [0.2, 0.25) is 0 Å². The van der Waals surface area contributed by atoms with Crippen molar-refractivity contribution in [2.24, 2.45) is 5.41 Å². The average Bonchev–Trinajstić information content (AvgIpc) is 3.57. The monoisotopic (exact) mass is 856 g/mol. The third-order valence-corrected chi connectivity index (χ3v) is 15.3. The first-order valence-corrected chi connectivity index (χ1v) is 24.3. The minimum atomic E-state index is -0.205. The van der Waals surface area contributed by atoms with E-state index in [1.165, 1.54) is 95.3 Å². The first-order valence-electron chi connectivity index (χ1n) is 24.3. The topological polar surface area (TPSA) is 9.72 Å². The zero-order valence-electron chi connectivity index (χ0n) is 41.9. The molecule has 0 N–H and O–H groups in total. The molecule has 65 heavy (non-hydrogen) atoms. The molecule has 5 aromatic rings. The number of fused-ring (bicyclic) bond motifs is 6. The summed E-state index contributed by atoms with van der Waals surface area (Å²) in [5.74, 6) is 0.324. The molecule has 0 fully saturated rings. The molecule has 10 rings (SSSR count). The Morgan fingerprint density at radius 1 is 0.538 bits per heavy atom. The first kappa shape index (κ1) is 43.4. The normalized spacial score (nSPS) is 19.9. The maximum atomic E-state index is 2.73. The lowest BCUT2D eigenvalue weighted by Crippen LogP contribution is -2.60. The van der Waals surface area contributed by atoms with Gasteiger partial charge in [-0.1, -0.05) is 181 Å². The minimum Gasteiger partial charge on any atom is -0.337 e. The molecule has 5 aliphatic rings. The molecule has 3 heterocycles. The number of hydrogen-bond acceptors (Lipinski definition) is 3. The molecule has 4 heteroatoms. The Bertz CT molecular complexity index is 2870. The number of allylic oxidation sites excluding steroid dienone is 5. The van der Waals surface area contributed by atoms with E-state index in [2.05, 4.69) is 246 Å². The molecule has 0 aromatic heterocycles. The summed E-state index contributed by atoms with van der Waals surface area (Å²) in [4.78, 5) is 8.04. The van der Waals surface area contributed by atoms with Crippen molar-refractivity contribution in [2.45, 2.75) is 144 Å². The van der Waals surface area contributed by atoms with E-state index in [1.54, 1.807) is 0 Å². The maximum Gasteiger partial charge on any atom is 0.248 e. The maximum absolute atomic E-state index is 2.73. The quantitative estimate of drug-likeness (QED) is 0.167. The van der Waals surface area contributed by atoms with Crippen LogP contribution in [-0.2, 0) is 21.7 Å². The van der Waals surface area contributed by atoms with Gasteiger partial charge in [-0.2, -0.15) is 0 Å². The van der Waals surface area contributed by atoms with Gasteiger partial charge in [-0.05, 0) is 133 Å². The van der Waals surface area contributed by atoms with E-state index in [9.17, 15) is 0 Å². The van der Waals surface area contributed by atoms with Crippen LogP contribution in [0.25, 0.3) is 0 Å². The second-order valence-electron chi connectivity index (χ2n) is 24.5. The van der Waals surface area contributed by atoms with E-state index in [0.29, 0.717) is 5.92 Å². The summed E-state index contributed by atoms with van der Waals surface area (Å²) in [6, 6.07) is 41.0. The Kier molecular flexibility index (Phi) is 9.69. The fraction of sp³-hybridized carbons (Fsp3) is 0.377. The number of para-hydroxylation sites is 1. The van der Waals surface area contributed by atoms with Gasteiger partial charge in [-0.15, -0.1) is 0 Å². The van der Waals surface area contributed by atoms with E-state index >= 15 is 0 Å². The molecule has 332 valence electrons. The lowest BCUT2D eigenvalue weighted by molar-refractivity contribution is 0.437. The smallest absolute Gasteiger partial charge is 0.248 e. The van der Waals surface area contributed by atoms with Crippen LogP contribution < -0.4 is 25.6 Å². The second-order valence-corrected chi connectivity index (χ2v) is 24.5. The van der Waals surface area contributed by atoms with Gasteiger partial charge in [-0.25, -0.2) is 0 Å². The van der Waals surface area contributed by atoms with Crippen LogP contribution in [-0.4, -0.2) is 12.8 Å². The van der Waals surface area contributed by atoms with Crippen molar-refractivity contribution in [3.05, 3.63) is 178 Å². The molecular formula is C61H70BN3. The molecule has 0 spiro atoms. The van der Waals surface area contributed by atoms with E-state index in [0.717, 1.165) is 6.42 Å². The number of hydrogen-bond donors (Lipinski definition) is 0. The molecule has 3 aliphatic heterocycles. The van der Waals surface area contributed by atoms with Crippen molar-refractivity contribution >= 4 is 51.8 Å². The summed E-state index contributed by atoms with van der Waals surface area (Å²) >= 11 is 0. The summed E-state index contributed by atoms with van der Waals surface area (Å²) in [5, 5.41) is 0. The largest absolute Gasteiger partial charge is 0.337 e. The van der Waals surface area contributed by atoms with Crippen molar-refractivity contribution in [3.8, 4) is 0 Å². The van der Waals surface area contributed by atoms with Crippen LogP contribution >= 0.6 is 0 Å². The highest BCUT2D eigenvalue weighted by Crippen LogP contribution is 2.57. The number of nitrogens with zero attached hydrogens (tertiary/aromatic N) is 3. The summed E-state index contributed by atoms with van der Waals surface area (Å²) in [7, 11) is 0. The molecule has 2 unspecified atom stereocenters. The second kappa shape index (κ2) is 14.5. The van der Waals surface area contributed by atoms with Crippen LogP contribution in [0.3, 0.4) is 0 Å². The minimum absolute atomic E-state index is 0.0210. The van der Waals surface area contributed by atoms with Crippen molar-refractivity contribution in [2.75, 3.05) is 14.7 Å². The van der Waals surface area contributed by atoms with E-state index in [-0.39, 0.29) is 39.8 Å². The average molecular weight is 856 g/mol. The van der Waals surface area contributed by atoms with Gasteiger partial charge in [0.05, 0.1) is 6.04 Å². The summed E-state index contributed by atoms with van der Waals surface area (Å²) in [6.45, 7) is 35.7. The number of benzene rings is 5. The highest BCUT2D eigenvalue weighted by molar-refractivity contribution is 6.95. The molecule has 3 nitrogen and oxygen atoms in total. The summed E-state index contributed by atoms with van der Waals surface area (Å²) in [5.41, 5.74) is 22.7. The number of rotatable bonds is 3. The molecule has 0 amide bonds. The van der Waals surface area contributed by atoms with Gasteiger partial charge in [0, 0.05) is 51.4 Å². The fourth-order valence-corrected chi connectivity index (χ4v) is 11.6.